The minimum atomic E-state index is -1.03. The van der Waals surface area contributed by atoms with Crippen molar-refractivity contribution in [2.24, 2.45) is 0 Å². The summed E-state index contributed by atoms with van der Waals surface area (Å²) in [7, 11) is 0. The molecule has 2 aromatic carbocycles. The minimum Gasteiger partial charge on any atom is -0.508 e. The van der Waals surface area contributed by atoms with E-state index < -0.39 is 17.7 Å². The van der Waals surface area contributed by atoms with Crippen LogP contribution in [0.1, 0.15) is 28.6 Å². The van der Waals surface area contributed by atoms with Gasteiger partial charge in [-0.1, -0.05) is 41.1 Å². The Labute approximate surface area is 219 Å². The summed E-state index contributed by atoms with van der Waals surface area (Å²) >= 11 is 7.35. The summed E-state index contributed by atoms with van der Waals surface area (Å²) < 4.78 is 2.56. The number of carbonyl (C=O) groups is 2. The molecule has 6 rings (SSSR count). The molecule has 3 aromatic heterocycles. The molecule has 1 aliphatic heterocycles. The lowest BCUT2D eigenvalue weighted by molar-refractivity contribution is -0.132. The SMILES string of the molecule is Cc1cccn2c(C)c(/C(O)=C3\C(=O)C(=O)N(c4nc5ccc(Cl)cc5s4)C3c3cccc(O)c3)nc12. The molecule has 1 unspecified atom stereocenters. The number of aromatic hydroxyl groups is 1. The summed E-state index contributed by atoms with van der Waals surface area (Å²) in [5.41, 5.74) is 3.27. The monoisotopic (exact) mass is 530 g/mol. The average Bonchev–Trinajstić information content (AvgIpc) is 3.51. The highest BCUT2D eigenvalue weighted by Gasteiger charge is 2.48. The Morgan fingerprint density at radius 1 is 1.05 bits per heavy atom. The number of benzene rings is 2. The second-order valence-electron chi connectivity index (χ2n) is 8.80. The quantitative estimate of drug-likeness (QED) is 0.180. The molecule has 1 atom stereocenters. The van der Waals surface area contributed by atoms with Gasteiger partial charge in [0, 0.05) is 11.2 Å². The molecule has 2 N–H and O–H groups in total. The summed E-state index contributed by atoms with van der Waals surface area (Å²) in [6.07, 6.45) is 1.82. The van der Waals surface area contributed by atoms with Crippen molar-refractivity contribution in [2.45, 2.75) is 19.9 Å². The smallest absolute Gasteiger partial charge is 0.301 e. The zero-order chi connectivity index (χ0) is 26.0. The van der Waals surface area contributed by atoms with Crippen LogP contribution in [0.15, 0.2) is 66.4 Å². The van der Waals surface area contributed by atoms with Crippen molar-refractivity contribution in [3.63, 3.8) is 0 Å². The van der Waals surface area contributed by atoms with Crippen molar-refractivity contribution in [1.82, 2.24) is 14.4 Å². The number of aliphatic hydroxyl groups excluding tert-OH is 1. The van der Waals surface area contributed by atoms with Gasteiger partial charge in [0.05, 0.1) is 27.5 Å². The van der Waals surface area contributed by atoms with Gasteiger partial charge >= 0.3 is 5.91 Å². The maximum atomic E-state index is 13.5. The van der Waals surface area contributed by atoms with Gasteiger partial charge < -0.3 is 14.6 Å². The summed E-state index contributed by atoms with van der Waals surface area (Å²) in [5.74, 6) is -2.13. The number of aliphatic hydroxyl groups is 1. The second kappa shape index (κ2) is 8.43. The lowest BCUT2D eigenvalue weighted by Crippen LogP contribution is -2.29. The van der Waals surface area contributed by atoms with Crippen molar-refractivity contribution < 1.29 is 19.8 Å². The van der Waals surface area contributed by atoms with Crippen LogP contribution >= 0.6 is 22.9 Å². The molecule has 0 aliphatic carbocycles. The third-order valence-electron chi connectivity index (χ3n) is 6.48. The molecule has 1 amide bonds. The number of imidazole rings is 1. The molecule has 10 heteroatoms. The molecule has 5 aromatic rings. The molecular formula is C27H19ClN4O4S. The van der Waals surface area contributed by atoms with Crippen LogP contribution in [-0.4, -0.2) is 36.3 Å². The Hall–Kier alpha value is -4.21. The van der Waals surface area contributed by atoms with Crippen LogP contribution in [-0.2, 0) is 9.59 Å². The summed E-state index contributed by atoms with van der Waals surface area (Å²) in [6, 6.07) is 14.1. The topological polar surface area (TPSA) is 108 Å². The number of Topliss-reactive ketones (excluding diaryl/α,β-unsaturated/α-hetero) is 1. The van der Waals surface area contributed by atoms with Crippen LogP contribution in [0.5, 0.6) is 5.75 Å². The van der Waals surface area contributed by atoms with E-state index in [9.17, 15) is 19.8 Å². The number of aromatic nitrogens is 3. The highest BCUT2D eigenvalue weighted by molar-refractivity contribution is 7.22. The van der Waals surface area contributed by atoms with Gasteiger partial charge in [-0.05, 0) is 61.4 Å². The largest absolute Gasteiger partial charge is 0.508 e. The molecule has 0 bridgehead atoms. The molecule has 0 spiro atoms. The molecule has 1 aliphatic rings. The number of halogens is 1. The normalized spacial score (nSPS) is 17.4. The van der Waals surface area contributed by atoms with Gasteiger partial charge in [-0.2, -0.15) is 0 Å². The first-order valence-corrected chi connectivity index (χ1v) is 12.5. The molecule has 1 saturated heterocycles. The molecule has 37 heavy (non-hydrogen) atoms. The summed E-state index contributed by atoms with van der Waals surface area (Å²) in [5, 5.41) is 22.5. The molecule has 0 saturated carbocycles. The number of hydrogen-bond acceptors (Lipinski definition) is 7. The number of rotatable bonds is 3. The maximum Gasteiger partial charge on any atom is 0.301 e. The second-order valence-corrected chi connectivity index (χ2v) is 10.2. The fourth-order valence-electron chi connectivity index (χ4n) is 4.70. The molecule has 4 heterocycles. The Morgan fingerprint density at radius 2 is 1.86 bits per heavy atom. The average molecular weight is 531 g/mol. The minimum absolute atomic E-state index is 0.0429. The molecule has 8 nitrogen and oxygen atoms in total. The molecule has 1 fully saturated rings. The van der Waals surface area contributed by atoms with Crippen molar-refractivity contribution in [2.75, 3.05) is 4.90 Å². The van der Waals surface area contributed by atoms with Gasteiger partial charge in [0.1, 0.15) is 17.1 Å². The number of phenols is 1. The lowest BCUT2D eigenvalue weighted by atomic mass is 9.96. The van der Waals surface area contributed by atoms with Crippen molar-refractivity contribution in [3.05, 3.63) is 93.9 Å². The van der Waals surface area contributed by atoms with Crippen molar-refractivity contribution in [3.8, 4) is 5.75 Å². The zero-order valence-corrected chi connectivity index (χ0v) is 21.2. The number of hydrogen-bond donors (Lipinski definition) is 2. The van der Waals surface area contributed by atoms with Gasteiger partial charge in [-0.25, -0.2) is 9.97 Å². The van der Waals surface area contributed by atoms with Gasteiger partial charge in [0.25, 0.3) is 5.78 Å². The number of thiazole rings is 1. The van der Waals surface area contributed by atoms with E-state index in [1.54, 1.807) is 37.3 Å². The number of nitrogens with zero attached hydrogens (tertiary/aromatic N) is 4. The number of amides is 1. The van der Waals surface area contributed by atoms with Crippen LogP contribution in [0.2, 0.25) is 5.02 Å². The van der Waals surface area contributed by atoms with Crippen molar-refractivity contribution in [1.29, 1.82) is 0 Å². The number of anilines is 1. The highest BCUT2D eigenvalue weighted by Crippen LogP contribution is 2.45. The van der Waals surface area contributed by atoms with E-state index >= 15 is 0 Å². The van der Waals surface area contributed by atoms with E-state index in [2.05, 4.69) is 9.97 Å². The lowest BCUT2D eigenvalue weighted by Gasteiger charge is -2.22. The third-order valence-corrected chi connectivity index (χ3v) is 7.74. The van der Waals surface area contributed by atoms with Gasteiger partial charge in [-0.15, -0.1) is 0 Å². The standard InChI is InChI=1S/C27H19ClN4O4S/c1-13-5-4-10-31-14(2)21(30-25(13)31)23(34)20-22(15-6-3-7-17(33)11-15)32(26(36)24(20)35)27-29-18-9-8-16(28)12-19(18)37-27/h3-12,22,33-34H,1-2H3/b23-20+. The first-order chi connectivity index (χ1) is 17.7. The highest BCUT2D eigenvalue weighted by atomic mass is 35.5. The van der Waals surface area contributed by atoms with Gasteiger partial charge in [-0.3, -0.25) is 14.5 Å². The third kappa shape index (κ3) is 3.58. The summed E-state index contributed by atoms with van der Waals surface area (Å²) in [6.45, 7) is 3.68. The Balaban J connectivity index is 1.61. The Morgan fingerprint density at radius 3 is 2.62 bits per heavy atom. The maximum absolute atomic E-state index is 13.5. The van der Waals surface area contributed by atoms with Crippen LogP contribution in [0.3, 0.4) is 0 Å². The van der Waals surface area contributed by atoms with Crippen LogP contribution in [0, 0.1) is 13.8 Å². The van der Waals surface area contributed by atoms with Gasteiger partial charge in [0.15, 0.2) is 10.9 Å². The predicted molar refractivity (Wildman–Crippen MR) is 142 cm³/mol. The zero-order valence-electron chi connectivity index (χ0n) is 19.6. The Bertz CT molecular complexity index is 1810. The predicted octanol–water partition coefficient (Wildman–Crippen LogP) is 5.55. The number of carbonyl (C=O) groups excluding carboxylic acids is 2. The van der Waals surface area contributed by atoms with E-state index in [1.165, 1.54) is 28.4 Å². The van der Waals surface area contributed by atoms with Crippen LogP contribution < -0.4 is 4.90 Å². The number of phenolic OH excluding ortho intramolecular Hbond substituents is 1. The molecular weight excluding hydrogens is 512 g/mol. The van der Waals surface area contributed by atoms with E-state index in [0.29, 0.717) is 27.4 Å². The fourth-order valence-corrected chi connectivity index (χ4v) is 5.97. The van der Waals surface area contributed by atoms with Crippen molar-refractivity contribution >= 4 is 61.4 Å². The van der Waals surface area contributed by atoms with Gasteiger partial charge in [0.2, 0.25) is 0 Å². The number of fused-ring (bicyclic) bond motifs is 2. The first-order valence-electron chi connectivity index (χ1n) is 11.4. The number of ketones is 1. The number of pyridine rings is 1. The molecule has 0 radical (unpaired) electrons. The van der Waals surface area contributed by atoms with E-state index in [4.69, 9.17) is 11.6 Å². The summed E-state index contributed by atoms with van der Waals surface area (Å²) in [4.78, 5) is 37.4. The van der Waals surface area contributed by atoms with E-state index in [1.807, 2.05) is 29.7 Å². The van der Waals surface area contributed by atoms with E-state index in [-0.39, 0.29) is 27.9 Å². The Kier molecular flexibility index (Phi) is 5.29. The first kappa shape index (κ1) is 23.2. The van der Waals surface area contributed by atoms with Crippen LogP contribution in [0.4, 0.5) is 5.13 Å². The van der Waals surface area contributed by atoms with Crippen LogP contribution in [0.25, 0.3) is 21.6 Å². The van der Waals surface area contributed by atoms with E-state index in [0.717, 1.165) is 10.3 Å². The molecule has 184 valence electrons. The fraction of sp³-hybridized carbons (Fsp3) is 0.111. The number of aryl methyl sites for hydroxylation is 2.